The second-order valence-electron chi connectivity index (χ2n) is 6.18. The fourth-order valence-corrected chi connectivity index (χ4v) is 3.26. The number of ether oxygens (including phenoxy) is 1. The number of hydrogen-bond donors (Lipinski definition) is 1. The summed E-state index contributed by atoms with van der Waals surface area (Å²) >= 11 is 0. The summed E-state index contributed by atoms with van der Waals surface area (Å²) in [5.41, 5.74) is 3.27. The number of aryl methyl sites for hydroxylation is 2. The van der Waals surface area contributed by atoms with Gasteiger partial charge in [0.15, 0.2) is 0 Å². The molecule has 1 N–H and O–H groups in total. The molecule has 0 saturated carbocycles. The molecule has 25 heavy (non-hydrogen) atoms. The molecule has 0 aliphatic heterocycles. The van der Waals surface area contributed by atoms with E-state index in [9.17, 15) is 14.7 Å². The molecule has 0 amide bonds. The minimum atomic E-state index is -0.554. The molecule has 5 heteroatoms. The lowest BCUT2D eigenvalue weighted by Crippen LogP contribution is -2.08. The van der Waals surface area contributed by atoms with Crippen molar-refractivity contribution in [2.75, 3.05) is 0 Å². The smallest absolute Gasteiger partial charge is 0.338 e. The van der Waals surface area contributed by atoms with E-state index >= 15 is 0 Å². The van der Waals surface area contributed by atoms with Gasteiger partial charge in [-0.1, -0.05) is 6.07 Å². The number of aromatic hydroxyl groups is 1. The standard InChI is InChI=1S/C20H16O5/c21-16-6-7-17-15(9-19(22)25-18(17)10-16)11-24-20(23)14-5-4-12-2-1-3-13(12)8-14/h4-10,21H,1-3,11H2. The van der Waals surface area contributed by atoms with Crippen LogP contribution in [0.25, 0.3) is 11.0 Å². The highest BCUT2D eigenvalue weighted by Crippen LogP contribution is 2.24. The van der Waals surface area contributed by atoms with Crippen molar-refractivity contribution in [1.29, 1.82) is 0 Å². The molecule has 5 nitrogen and oxygen atoms in total. The predicted molar refractivity (Wildman–Crippen MR) is 91.7 cm³/mol. The lowest BCUT2D eigenvalue weighted by Gasteiger charge is -2.08. The number of fused-ring (bicyclic) bond motifs is 2. The van der Waals surface area contributed by atoms with Crippen LogP contribution in [0.1, 0.15) is 33.5 Å². The summed E-state index contributed by atoms with van der Waals surface area (Å²) in [6.45, 7) is -0.0389. The van der Waals surface area contributed by atoms with Crippen LogP contribution in [0.15, 0.2) is 51.7 Å². The molecule has 0 spiro atoms. The van der Waals surface area contributed by atoms with Crippen LogP contribution in [0, 0.1) is 0 Å². The van der Waals surface area contributed by atoms with Gasteiger partial charge in [-0.3, -0.25) is 0 Å². The molecule has 0 fully saturated rings. The van der Waals surface area contributed by atoms with Gasteiger partial charge in [0.25, 0.3) is 0 Å². The number of esters is 1. The van der Waals surface area contributed by atoms with Crippen molar-refractivity contribution < 1.29 is 19.1 Å². The summed E-state index contributed by atoms with van der Waals surface area (Å²) < 4.78 is 10.5. The van der Waals surface area contributed by atoms with Gasteiger partial charge in [0.1, 0.15) is 17.9 Å². The van der Waals surface area contributed by atoms with Gasteiger partial charge >= 0.3 is 11.6 Å². The molecule has 1 aliphatic carbocycles. The maximum atomic E-state index is 12.3. The number of phenols is 1. The third kappa shape index (κ3) is 3.01. The maximum Gasteiger partial charge on any atom is 0.338 e. The maximum absolute atomic E-state index is 12.3. The Hall–Kier alpha value is -3.08. The molecule has 1 heterocycles. The number of hydrogen-bond acceptors (Lipinski definition) is 5. The Morgan fingerprint density at radius 2 is 1.92 bits per heavy atom. The van der Waals surface area contributed by atoms with Crippen LogP contribution >= 0.6 is 0 Å². The molecular weight excluding hydrogens is 320 g/mol. The third-order valence-electron chi connectivity index (χ3n) is 4.51. The van der Waals surface area contributed by atoms with Crippen LogP contribution in [0.2, 0.25) is 0 Å². The summed E-state index contributed by atoms with van der Waals surface area (Å²) in [4.78, 5) is 24.0. The minimum Gasteiger partial charge on any atom is -0.508 e. The van der Waals surface area contributed by atoms with E-state index in [0.717, 1.165) is 19.3 Å². The largest absolute Gasteiger partial charge is 0.508 e. The topological polar surface area (TPSA) is 76.7 Å². The Balaban J connectivity index is 1.58. The zero-order valence-corrected chi connectivity index (χ0v) is 13.5. The number of carbonyl (C=O) groups is 1. The average molecular weight is 336 g/mol. The van der Waals surface area contributed by atoms with Crippen molar-refractivity contribution in [3.63, 3.8) is 0 Å². The number of benzene rings is 2. The predicted octanol–water partition coefficient (Wildman–Crippen LogP) is 3.34. The van der Waals surface area contributed by atoms with Crippen molar-refractivity contribution in [1.82, 2.24) is 0 Å². The first-order chi connectivity index (χ1) is 12.1. The Kier molecular flexibility index (Phi) is 3.76. The van der Waals surface area contributed by atoms with E-state index in [4.69, 9.17) is 9.15 Å². The van der Waals surface area contributed by atoms with E-state index in [1.807, 2.05) is 12.1 Å². The number of phenolic OH excluding ortho intramolecular Hbond substituents is 1. The molecule has 4 rings (SSSR count). The van der Waals surface area contributed by atoms with Gasteiger partial charge in [0.05, 0.1) is 5.56 Å². The molecule has 1 aromatic heterocycles. The van der Waals surface area contributed by atoms with Crippen LogP contribution in [-0.4, -0.2) is 11.1 Å². The third-order valence-corrected chi connectivity index (χ3v) is 4.51. The van der Waals surface area contributed by atoms with Gasteiger partial charge in [-0.25, -0.2) is 9.59 Å². The first kappa shape index (κ1) is 15.4. The van der Waals surface area contributed by atoms with E-state index in [1.165, 1.54) is 29.3 Å². The Bertz CT molecular complexity index is 1030. The molecule has 0 unspecified atom stereocenters. The van der Waals surface area contributed by atoms with Gasteiger partial charge in [-0.05, 0) is 54.7 Å². The van der Waals surface area contributed by atoms with Gasteiger partial charge in [-0.15, -0.1) is 0 Å². The molecule has 0 atom stereocenters. The van der Waals surface area contributed by atoms with E-state index in [-0.39, 0.29) is 17.9 Å². The molecule has 2 aromatic carbocycles. The average Bonchev–Trinajstić information content (AvgIpc) is 3.06. The highest BCUT2D eigenvalue weighted by molar-refractivity contribution is 5.90. The highest BCUT2D eigenvalue weighted by Gasteiger charge is 2.15. The summed E-state index contributed by atoms with van der Waals surface area (Å²) in [6.07, 6.45) is 3.17. The molecule has 0 bridgehead atoms. The molecule has 3 aromatic rings. The second kappa shape index (κ2) is 6.09. The first-order valence-corrected chi connectivity index (χ1v) is 8.15. The van der Waals surface area contributed by atoms with E-state index in [1.54, 1.807) is 12.1 Å². The fraction of sp³-hybridized carbons (Fsp3) is 0.200. The van der Waals surface area contributed by atoms with Crippen LogP contribution in [0.4, 0.5) is 0 Å². The summed E-state index contributed by atoms with van der Waals surface area (Å²) in [6, 6.07) is 11.4. The normalized spacial score (nSPS) is 13.0. The molecule has 126 valence electrons. The Morgan fingerprint density at radius 3 is 2.80 bits per heavy atom. The van der Waals surface area contributed by atoms with Gasteiger partial charge in [0.2, 0.25) is 0 Å². The van der Waals surface area contributed by atoms with Crippen molar-refractivity contribution in [3.05, 3.63) is 75.1 Å². The van der Waals surface area contributed by atoms with Gasteiger partial charge in [0, 0.05) is 23.1 Å². The van der Waals surface area contributed by atoms with Crippen LogP contribution in [-0.2, 0) is 24.2 Å². The second-order valence-corrected chi connectivity index (χ2v) is 6.18. The molecular formula is C20H16O5. The molecule has 0 saturated heterocycles. The van der Waals surface area contributed by atoms with E-state index in [0.29, 0.717) is 16.5 Å². The van der Waals surface area contributed by atoms with Crippen LogP contribution < -0.4 is 5.63 Å². The Morgan fingerprint density at radius 1 is 1.08 bits per heavy atom. The lowest BCUT2D eigenvalue weighted by molar-refractivity contribution is 0.0473. The SMILES string of the molecule is O=C(OCc1cc(=O)oc2cc(O)ccc12)c1ccc2c(c1)CCC2. The van der Waals surface area contributed by atoms with E-state index in [2.05, 4.69) is 0 Å². The summed E-state index contributed by atoms with van der Waals surface area (Å²) in [5, 5.41) is 10.1. The minimum absolute atomic E-state index is 0.00272. The van der Waals surface area contributed by atoms with Gasteiger partial charge in [-0.2, -0.15) is 0 Å². The van der Waals surface area contributed by atoms with Crippen molar-refractivity contribution in [2.45, 2.75) is 25.9 Å². The Labute approximate surface area is 143 Å². The molecule has 0 radical (unpaired) electrons. The quantitative estimate of drug-likeness (QED) is 0.586. The highest BCUT2D eigenvalue weighted by atomic mass is 16.5. The molecule has 1 aliphatic rings. The fourth-order valence-electron chi connectivity index (χ4n) is 3.26. The first-order valence-electron chi connectivity index (χ1n) is 8.15. The van der Waals surface area contributed by atoms with Crippen LogP contribution in [0.3, 0.4) is 0 Å². The monoisotopic (exact) mass is 336 g/mol. The zero-order valence-electron chi connectivity index (χ0n) is 13.5. The van der Waals surface area contributed by atoms with Crippen molar-refractivity contribution in [2.24, 2.45) is 0 Å². The van der Waals surface area contributed by atoms with E-state index < -0.39 is 11.6 Å². The summed E-state index contributed by atoms with van der Waals surface area (Å²) in [5.74, 6) is -0.419. The van der Waals surface area contributed by atoms with Crippen molar-refractivity contribution >= 4 is 16.9 Å². The lowest BCUT2D eigenvalue weighted by atomic mass is 10.1. The van der Waals surface area contributed by atoms with Gasteiger partial charge < -0.3 is 14.3 Å². The number of carbonyl (C=O) groups excluding carboxylic acids is 1. The number of rotatable bonds is 3. The zero-order chi connectivity index (χ0) is 17.4. The van der Waals surface area contributed by atoms with Crippen LogP contribution in [0.5, 0.6) is 5.75 Å². The van der Waals surface area contributed by atoms with Crippen molar-refractivity contribution in [3.8, 4) is 5.75 Å². The summed E-state index contributed by atoms with van der Waals surface area (Å²) in [7, 11) is 0.